The molecule has 74 valence electrons. The molecule has 0 fully saturated rings. The van der Waals surface area contributed by atoms with E-state index in [1.165, 1.54) is 0 Å². The van der Waals surface area contributed by atoms with Crippen molar-refractivity contribution in [3.8, 4) is 0 Å². The van der Waals surface area contributed by atoms with Crippen LogP contribution in [0.5, 0.6) is 0 Å². The first-order valence-electron chi connectivity index (χ1n) is 4.73. The van der Waals surface area contributed by atoms with E-state index in [1.807, 2.05) is 37.3 Å². The van der Waals surface area contributed by atoms with Crippen molar-refractivity contribution in [2.45, 2.75) is 6.92 Å². The highest BCUT2D eigenvalue weighted by Gasteiger charge is 1.97. The molecule has 0 N–H and O–H groups in total. The Morgan fingerprint density at radius 3 is 2.73 bits per heavy atom. The molecule has 0 radical (unpaired) electrons. The minimum atomic E-state index is 0.848. The number of hydrogen-bond acceptors (Lipinski definition) is 3. The van der Waals surface area contributed by atoms with Crippen molar-refractivity contribution in [1.82, 2.24) is 9.97 Å². The number of nitrogens with zero attached hydrogens (tertiary/aromatic N) is 3. The summed E-state index contributed by atoms with van der Waals surface area (Å²) in [4.78, 5) is 12.6. The lowest BCUT2D eigenvalue weighted by molar-refractivity contribution is 1.26. The molecule has 0 aliphatic rings. The van der Waals surface area contributed by atoms with Gasteiger partial charge in [-0.2, -0.15) is 0 Å². The smallest absolute Gasteiger partial charge is 0.0841 e. The molecule has 2 aromatic rings. The van der Waals surface area contributed by atoms with Gasteiger partial charge in [-0.05, 0) is 31.2 Å². The normalized spacial score (nSPS) is 11.4. The summed E-state index contributed by atoms with van der Waals surface area (Å²) in [6.45, 7) is 1.94. The van der Waals surface area contributed by atoms with Crippen molar-refractivity contribution in [2.24, 2.45) is 4.99 Å². The maximum absolute atomic E-state index is 4.42. The molecule has 0 amide bonds. The second-order valence-corrected chi connectivity index (χ2v) is 3.12. The fraction of sp³-hybridized carbons (Fsp3) is 0.0833. The van der Waals surface area contributed by atoms with E-state index in [0.29, 0.717) is 0 Å². The number of hydrogen-bond donors (Lipinski definition) is 0. The standard InChI is InChI=1S/C12H11N3/c1-10(12-6-2-3-8-14-12)15-11-5-4-7-13-9-11/h2-9H,1H3. The van der Waals surface area contributed by atoms with Gasteiger partial charge in [0.1, 0.15) is 0 Å². The molecule has 3 nitrogen and oxygen atoms in total. The Labute approximate surface area is 88.6 Å². The third-order valence-electron chi connectivity index (χ3n) is 1.98. The molecule has 0 saturated heterocycles. The van der Waals surface area contributed by atoms with Gasteiger partial charge >= 0.3 is 0 Å². The number of aromatic nitrogens is 2. The van der Waals surface area contributed by atoms with Crippen LogP contribution in [0.3, 0.4) is 0 Å². The van der Waals surface area contributed by atoms with Crippen molar-refractivity contribution in [3.63, 3.8) is 0 Å². The molecular formula is C12H11N3. The molecule has 2 rings (SSSR count). The van der Waals surface area contributed by atoms with Gasteiger partial charge in [0.15, 0.2) is 0 Å². The van der Waals surface area contributed by atoms with Crippen LogP contribution in [-0.4, -0.2) is 15.7 Å². The van der Waals surface area contributed by atoms with Gasteiger partial charge in [-0.1, -0.05) is 6.07 Å². The van der Waals surface area contributed by atoms with Crippen molar-refractivity contribution in [2.75, 3.05) is 0 Å². The molecule has 2 aromatic heterocycles. The highest BCUT2D eigenvalue weighted by atomic mass is 14.8. The van der Waals surface area contributed by atoms with Crippen molar-refractivity contribution < 1.29 is 0 Å². The average Bonchev–Trinajstić information content (AvgIpc) is 2.31. The highest BCUT2D eigenvalue weighted by molar-refractivity contribution is 5.98. The van der Waals surface area contributed by atoms with Gasteiger partial charge in [-0.25, -0.2) is 4.99 Å². The van der Waals surface area contributed by atoms with Crippen LogP contribution in [0, 0.1) is 0 Å². The Balaban J connectivity index is 2.29. The summed E-state index contributed by atoms with van der Waals surface area (Å²) >= 11 is 0. The topological polar surface area (TPSA) is 38.1 Å². The van der Waals surface area contributed by atoms with Crippen LogP contribution in [0.1, 0.15) is 12.6 Å². The Morgan fingerprint density at radius 1 is 1.13 bits per heavy atom. The summed E-state index contributed by atoms with van der Waals surface area (Å²) in [5.74, 6) is 0. The summed E-state index contributed by atoms with van der Waals surface area (Å²) in [7, 11) is 0. The zero-order chi connectivity index (χ0) is 10.5. The van der Waals surface area contributed by atoms with Crippen LogP contribution < -0.4 is 0 Å². The minimum absolute atomic E-state index is 0.848. The van der Waals surface area contributed by atoms with E-state index in [2.05, 4.69) is 15.0 Å². The Morgan fingerprint density at radius 2 is 2.07 bits per heavy atom. The molecule has 0 aliphatic carbocycles. The summed E-state index contributed by atoms with van der Waals surface area (Å²) in [5.41, 5.74) is 2.63. The maximum atomic E-state index is 4.42. The van der Waals surface area contributed by atoms with Crippen molar-refractivity contribution in [3.05, 3.63) is 54.6 Å². The molecule has 15 heavy (non-hydrogen) atoms. The zero-order valence-electron chi connectivity index (χ0n) is 8.46. The van der Waals surface area contributed by atoms with Crippen molar-refractivity contribution >= 4 is 11.4 Å². The molecule has 0 bridgehead atoms. The fourth-order valence-corrected chi connectivity index (χ4v) is 1.25. The minimum Gasteiger partial charge on any atom is -0.262 e. The molecule has 0 unspecified atom stereocenters. The van der Waals surface area contributed by atoms with Gasteiger partial charge < -0.3 is 0 Å². The molecule has 0 atom stereocenters. The van der Waals surface area contributed by atoms with E-state index in [1.54, 1.807) is 18.6 Å². The lowest BCUT2D eigenvalue weighted by Gasteiger charge is -1.98. The van der Waals surface area contributed by atoms with E-state index in [9.17, 15) is 0 Å². The first-order valence-corrected chi connectivity index (χ1v) is 4.73. The summed E-state index contributed by atoms with van der Waals surface area (Å²) in [6, 6.07) is 9.56. The molecule has 0 spiro atoms. The maximum Gasteiger partial charge on any atom is 0.0841 e. The Hall–Kier alpha value is -2.03. The van der Waals surface area contributed by atoms with Gasteiger partial charge in [0.05, 0.1) is 23.3 Å². The average molecular weight is 197 g/mol. The summed E-state index contributed by atoms with van der Waals surface area (Å²) in [5, 5.41) is 0. The second kappa shape index (κ2) is 4.46. The van der Waals surface area contributed by atoms with Crippen LogP contribution in [-0.2, 0) is 0 Å². The highest BCUT2D eigenvalue weighted by Crippen LogP contribution is 2.10. The molecule has 2 heterocycles. The molecule has 0 saturated carbocycles. The fourth-order valence-electron chi connectivity index (χ4n) is 1.25. The monoisotopic (exact) mass is 197 g/mol. The van der Waals surface area contributed by atoms with Crippen LogP contribution >= 0.6 is 0 Å². The first kappa shape index (κ1) is 9.52. The lowest BCUT2D eigenvalue weighted by Crippen LogP contribution is -1.96. The van der Waals surface area contributed by atoms with Gasteiger partial charge in [0.25, 0.3) is 0 Å². The molecule has 0 aliphatic heterocycles. The van der Waals surface area contributed by atoms with Gasteiger partial charge in [-0.15, -0.1) is 0 Å². The van der Waals surface area contributed by atoms with Crippen LogP contribution in [0.4, 0.5) is 5.69 Å². The molecule has 0 aromatic carbocycles. The summed E-state index contributed by atoms with van der Waals surface area (Å²) < 4.78 is 0. The van der Waals surface area contributed by atoms with Gasteiger partial charge in [0.2, 0.25) is 0 Å². The van der Waals surface area contributed by atoms with Crippen LogP contribution in [0.2, 0.25) is 0 Å². The third kappa shape index (κ3) is 2.47. The Kier molecular flexibility index (Phi) is 2.83. The SMILES string of the molecule is CC(=Nc1cccnc1)c1ccccn1. The summed E-state index contributed by atoms with van der Waals surface area (Å²) in [6.07, 6.45) is 5.22. The van der Waals surface area contributed by atoms with E-state index in [-0.39, 0.29) is 0 Å². The van der Waals surface area contributed by atoms with E-state index < -0.39 is 0 Å². The predicted molar refractivity (Wildman–Crippen MR) is 60.3 cm³/mol. The quantitative estimate of drug-likeness (QED) is 0.694. The van der Waals surface area contributed by atoms with E-state index >= 15 is 0 Å². The predicted octanol–water partition coefficient (Wildman–Crippen LogP) is 2.62. The van der Waals surface area contributed by atoms with Crippen LogP contribution in [0.15, 0.2) is 53.9 Å². The second-order valence-electron chi connectivity index (χ2n) is 3.12. The third-order valence-corrected chi connectivity index (χ3v) is 1.98. The van der Waals surface area contributed by atoms with Gasteiger partial charge in [-0.3, -0.25) is 9.97 Å². The van der Waals surface area contributed by atoms with Crippen LogP contribution in [0.25, 0.3) is 0 Å². The van der Waals surface area contributed by atoms with Crippen molar-refractivity contribution in [1.29, 1.82) is 0 Å². The number of rotatable bonds is 2. The Bertz CT molecular complexity index is 449. The first-order chi connectivity index (χ1) is 7.36. The van der Waals surface area contributed by atoms with E-state index in [0.717, 1.165) is 17.1 Å². The molecule has 3 heteroatoms. The van der Waals surface area contributed by atoms with Gasteiger partial charge in [0, 0.05) is 12.4 Å². The molecular weight excluding hydrogens is 186 g/mol. The number of pyridine rings is 2. The van der Waals surface area contributed by atoms with E-state index in [4.69, 9.17) is 0 Å². The lowest BCUT2D eigenvalue weighted by atomic mass is 10.2. The largest absolute Gasteiger partial charge is 0.262 e. The number of aliphatic imine (C=N–C) groups is 1. The zero-order valence-corrected chi connectivity index (χ0v) is 8.46.